The Morgan fingerprint density at radius 3 is 2.73 bits per heavy atom. The number of fused-ring (bicyclic) bond motifs is 1. The monoisotopic (exact) mass is 364 g/mol. The molecule has 0 saturated heterocycles. The minimum atomic E-state index is -4.41. The normalized spacial score (nSPS) is 16.7. The van der Waals surface area contributed by atoms with Gasteiger partial charge in [0.25, 0.3) is 0 Å². The number of nitrogens with one attached hydrogen (secondary N) is 2. The minimum Gasteiger partial charge on any atom is -0.393 e. The van der Waals surface area contributed by atoms with Crippen molar-refractivity contribution < 1.29 is 23.1 Å². The van der Waals surface area contributed by atoms with Crippen LogP contribution in [0, 0.1) is 0 Å². The summed E-state index contributed by atoms with van der Waals surface area (Å²) in [7, 11) is 0. The fourth-order valence-corrected chi connectivity index (χ4v) is 3.09. The quantitative estimate of drug-likeness (QED) is 0.774. The van der Waals surface area contributed by atoms with Gasteiger partial charge in [0.1, 0.15) is 0 Å². The highest BCUT2D eigenvalue weighted by Crippen LogP contribution is 2.30. The molecule has 1 atom stereocenters. The summed E-state index contributed by atoms with van der Waals surface area (Å²) in [5.41, 5.74) is 2.22. The lowest BCUT2D eigenvalue weighted by Crippen LogP contribution is -2.29. The van der Waals surface area contributed by atoms with Crippen molar-refractivity contribution >= 4 is 11.7 Å². The first kappa shape index (κ1) is 18.3. The average Bonchev–Trinajstić information content (AvgIpc) is 2.60. The fourth-order valence-electron chi connectivity index (χ4n) is 3.09. The van der Waals surface area contributed by atoms with Gasteiger partial charge in [0.15, 0.2) is 0 Å². The minimum absolute atomic E-state index is 0.0204. The summed E-state index contributed by atoms with van der Waals surface area (Å²) < 4.78 is 38.2. The van der Waals surface area contributed by atoms with Crippen LogP contribution in [0.2, 0.25) is 0 Å². The molecule has 2 aromatic rings. The number of rotatable bonds is 3. The lowest BCUT2D eigenvalue weighted by Gasteiger charge is -2.23. The van der Waals surface area contributed by atoms with E-state index in [9.17, 15) is 23.1 Å². The van der Waals surface area contributed by atoms with E-state index in [0.29, 0.717) is 24.1 Å². The Morgan fingerprint density at radius 2 is 1.96 bits per heavy atom. The molecule has 0 fully saturated rings. The van der Waals surface area contributed by atoms with E-state index in [-0.39, 0.29) is 6.54 Å². The van der Waals surface area contributed by atoms with Crippen molar-refractivity contribution in [1.29, 1.82) is 0 Å². The number of aliphatic hydroxyl groups excluding tert-OH is 1. The summed E-state index contributed by atoms with van der Waals surface area (Å²) in [5, 5.41) is 15.1. The van der Waals surface area contributed by atoms with Crippen molar-refractivity contribution in [2.45, 2.75) is 38.1 Å². The summed E-state index contributed by atoms with van der Waals surface area (Å²) >= 11 is 0. The maximum Gasteiger partial charge on any atom is 0.416 e. The SMILES string of the molecule is O=C(NCc1cccc(C(F)(F)F)c1)Nc1cccc2c1CC(O)CC2. The van der Waals surface area contributed by atoms with Gasteiger partial charge in [-0.05, 0) is 47.7 Å². The van der Waals surface area contributed by atoms with Gasteiger partial charge >= 0.3 is 12.2 Å². The molecule has 4 nitrogen and oxygen atoms in total. The smallest absolute Gasteiger partial charge is 0.393 e. The Labute approximate surface area is 149 Å². The number of amides is 2. The van der Waals surface area contributed by atoms with Crippen LogP contribution in [0.25, 0.3) is 0 Å². The number of halogens is 3. The predicted molar refractivity (Wildman–Crippen MR) is 91.8 cm³/mol. The van der Waals surface area contributed by atoms with Gasteiger partial charge in [-0.15, -0.1) is 0 Å². The number of aryl methyl sites for hydroxylation is 1. The van der Waals surface area contributed by atoms with Crippen molar-refractivity contribution in [3.8, 4) is 0 Å². The molecule has 1 aliphatic carbocycles. The predicted octanol–water partition coefficient (Wildman–Crippen LogP) is 3.88. The van der Waals surface area contributed by atoms with E-state index < -0.39 is 23.9 Å². The number of carbonyl (C=O) groups is 1. The van der Waals surface area contributed by atoms with Gasteiger partial charge in [-0.25, -0.2) is 4.79 Å². The van der Waals surface area contributed by atoms with E-state index in [1.54, 1.807) is 6.07 Å². The molecular weight excluding hydrogens is 345 g/mol. The van der Waals surface area contributed by atoms with E-state index in [4.69, 9.17) is 0 Å². The number of carbonyl (C=O) groups excluding carboxylic acids is 1. The van der Waals surface area contributed by atoms with Gasteiger partial charge in [-0.3, -0.25) is 0 Å². The molecule has 3 rings (SSSR count). The fraction of sp³-hybridized carbons (Fsp3) is 0.316. The molecule has 0 aromatic heterocycles. The summed E-state index contributed by atoms with van der Waals surface area (Å²) in [4.78, 5) is 12.1. The second-order valence-corrected chi connectivity index (χ2v) is 6.35. The Balaban J connectivity index is 1.64. The first-order chi connectivity index (χ1) is 12.3. The number of aliphatic hydroxyl groups is 1. The van der Waals surface area contributed by atoms with Crippen LogP contribution in [0.1, 0.15) is 28.7 Å². The highest BCUT2D eigenvalue weighted by Gasteiger charge is 2.30. The van der Waals surface area contributed by atoms with Gasteiger partial charge in [0.2, 0.25) is 0 Å². The Kier molecular flexibility index (Phi) is 5.18. The van der Waals surface area contributed by atoms with Crippen molar-refractivity contribution in [3.05, 3.63) is 64.7 Å². The number of hydrogen-bond donors (Lipinski definition) is 3. The van der Waals surface area contributed by atoms with E-state index in [1.807, 2.05) is 12.1 Å². The van der Waals surface area contributed by atoms with E-state index in [2.05, 4.69) is 10.6 Å². The van der Waals surface area contributed by atoms with Gasteiger partial charge < -0.3 is 15.7 Å². The van der Waals surface area contributed by atoms with Gasteiger partial charge in [0, 0.05) is 18.7 Å². The topological polar surface area (TPSA) is 61.4 Å². The molecule has 1 unspecified atom stereocenters. The zero-order valence-corrected chi connectivity index (χ0v) is 13.9. The standard InChI is InChI=1S/C19H19F3N2O2/c20-19(21,22)14-5-1-3-12(9-14)11-23-18(26)24-17-6-2-4-13-7-8-15(25)10-16(13)17/h1-6,9,15,25H,7-8,10-11H2,(H2,23,24,26). The molecule has 0 aliphatic heterocycles. The second kappa shape index (κ2) is 7.37. The maximum absolute atomic E-state index is 12.7. The molecule has 0 saturated carbocycles. The van der Waals surface area contributed by atoms with Crippen LogP contribution in [0.15, 0.2) is 42.5 Å². The van der Waals surface area contributed by atoms with E-state index in [0.717, 1.165) is 29.7 Å². The van der Waals surface area contributed by atoms with Gasteiger partial charge in [0.05, 0.1) is 11.7 Å². The lowest BCUT2D eigenvalue weighted by atomic mass is 9.88. The van der Waals surface area contributed by atoms with Gasteiger partial charge in [-0.1, -0.05) is 24.3 Å². The molecule has 2 amide bonds. The van der Waals surface area contributed by atoms with Crippen LogP contribution in [-0.2, 0) is 25.6 Å². The summed E-state index contributed by atoms with van der Waals surface area (Å²) in [5.74, 6) is 0. The van der Waals surface area contributed by atoms with E-state index in [1.165, 1.54) is 12.1 Å². The first-order valence-electron chi connectivity index (χ1n) is 8.33. The molecule has 1 aliphatic rings. The number of alkyl halides is 3. The van der Waals surface area contributed by atoms with Crippen LogP contribution < -0.4 is 10.6 Å². The number of anilines is 1. The van der Waals surface area contributed by atoms with Crippen LogP contribution in [-0.4, -0.2) is 17.2 Å². The highest BCUT2D eigenvalue weighted by molar-refractivity contribution is 5.90. The third-order valence-electron chi connectivity index (χ3n) is 4.42. The lowest BCUT2D eigenvalue weighted by molar-refractivity contribution is -0.137. The van der Waals surface area contributed by atoms with Crippen LogP contribution in [0.3, 0.4) is 0 Å². The summed E-state index contributed by atoms with van der Waals surface area (Å²) in [6, 6.07) is 9.89. The maximum atomic E-state index is 12.7. The Hall–Kier alpha value is -2.54. The van der Waals surface area contributed by atoms with Crippen molar-refractivity contribution in [2.75, 3.05) is 5.32 Å². The van der Waals surface area contributed by atoms with Crippen molar-refractivity contribution in [1.82, 2.24) is 5.32 Å². The van der Waals surface area contributed by atoms with Crippen molar-refractivity contribution in [2.24, 2.45) is 0 Å². The molecule has 7 heteroatoms. The van der Waals surface area contributed by atoms with Crippen LogP contribution in [0.4, 0.5) is 23.7 Å². The third kappa shape index (κ3) is 4.35. The van der Waals surface area contributed by atoms with Crippen molar-refractivity contribution in [3.63, 3.8) is 0 Å². The summed E-state index contributed by atoms with van der Waals surface area (Å²) in [6.07, 6.45) is -2.93. The zero-order chi connectivity index (χ0) is 18.7. The average molecular weight is 364 g/mol. The molecule has 0 bridgehead atoms. The molecule has 2 aromatic carbocycles. The molecule has 0 spiro atoms. The first-order valence-corrected chi connectivity index (χ1v) is 8.33. The largest absolute Gasteiger partial charge is 0.416 e. The number of benzene rings is 2. The molecule has 3 N–H and O–H groups in total. The third-order valence-corrected chi connectivity index (χ3v) is 4.42. The number of hydrogen-bond acceptors (Lipinski definition) is 2. The number of urea groups is 1. The zero-order valence-electron chi connectivity index (χ0n) is 13.9. The van der Waals surface area contributed by atoms with E-state index >= 15 is 0 Å². The molecule has 0 heterocycles. The van der Waals surface area contributed by atoms with Crippen LogP contribution >= 0.6 is 0 Å². The second-order valence-electron chi connectivity index (χ2n) is 6.35. The van der Waals surface area contributed by atoms with Gasteiger partial charge in [-0.2, -0.15) is 13.2 Å². The molecule has 138 valence electrons. The van der Waals surface area contributed by atoms with Crippen LogP contribution in [0.5, 0.6) is 0 Å². The molecule has 0 radical (unpaired) electrons. The Morgan fingerprint density at radius 1 is 1.19 bits per heavy atom. The summed E-state index contributed by atoms with van der Waals surface area (Å²) in [6.45, 7) is -0.0204. The molecule has 26 heavy (non-hydrogen) atoms. The Bertz CT molecular complexity index is 806. The highest BCUT2D eigenvalue weighted by atomic mass is 19.4. The molecular formula is C19H19F3N2O2.